The van der Waals surface area contributed by atoms with E-state index < -0.39 is 0 Å². The van der Waals surface area contributed by atoms with Gasteiger partial charge < -0.3 is 5.73 Å². The van der Waals surface area contributed by atoms with Gasteiger partial charge in [-0.15, -0.1) is 0 Å². The average molecular weight is 197 g/mol. The van der Waals surface area contributed by atoms with Crippen LogP contribution in [-0.4, -0.2) is 5.75 Å². The van der Waals surface area contributed by atoms with Gasteiger partial charge in [-0.25, -0.2) is 4.39 Å². The summed E-state index contributed by atoms with van der Waals surface area (Å²) in [5, 5.41) is 0. The van der Waals surface area contributed by atoms with Crippen molar-refractivity contribution in [2.24, 2.45) is 0 Å². The molecule has 0 amide bonds. The van der Waals surface area contributed by atoms with Gasteiger partial charge in [0.1, 0.15) is 5.82 Å². The van der Waals surface area contributed by atoms with Gasteiger partial charge >= 0.3 is 0 Å². The number of halogens is 1. The third-order valence-electron chi connectivity index (χ3n) is 1.79. The molecule has 13 heavy (non-hydrogen) atoms. The predicted molar refractivity (Wildman–Crippen MR) is 58.4 cm³/mol. The number of anilines is 1. The van der Waals surface area contributed by atoms with Crippen molar-refractivity contribution in [3.8, 4) is 0 Å². The number of nitrogen functional groups attached to an aromatic ring is 1. The Morgan fingerprint density at radius 1 is 1.54 bits per heavy atom. The van der Waals surface area contributed by atoms with Gasteiger partial charge in [0.05, 0.1) is 0 Å². The van der Waals surface area contributed by atoms with E-state index in [1.807, 2.05) is 6.92 Å². The largest absolute Gasteiger partial charge is 0.398 e. The van der Waals surface area contributed by atoms with Crippen LogP contribution in [0, 0.1) is 12.7 Å². The minimum Gasteiger partial charge on any atom is -0.398 e. The Morgan fingerprint density at radius 3 is 2.85 bits per heavy atom. The summed E-state index contributed by atoms with van der Waals surface area (Å²) in [7, 11) is 0. The third kappa shape index (κ3) is 2.49. The number of hydrogen-bond acceptors (Lipinski definition) is 2. The van der Waals surface area contributed by atoms with Crippen molar-refractivity contribution < 1.29 is 4.39 Å². The molecule has 0 radical (unpaired) electrons. The quantitative estimate of drug-likeness (QED) is 0.553. The minimum atomic E-state index is -0.291. The highest BCUT2D eigenvalue weighted by Crippen LogP contribution is 2.18. The molecule has 0 aliphatic carbocycles. The summed E-state index contributed by atoms with van der Waals surface area (Å²) >= 11 is 4.00. The molecule has 70 valence electrons. The van der Waals surface area contributed by atoms with E-state index >= 15 is 0 Å². The van der Waals surface area contributed by atoms with Crippen LogP contribution in [0.1, 0.15) is 11.1 Å². The van der Waals surface area contributed by atoms with Gasteiger partial charge in [-0.05, 0) is 24.6 Å². The maximum Gasteiger partial charge on any atom is 0.132 e. The molecule has 2 N–H and O–H groups in total. The van der Waals surface area contributed by atoms with E-state index in [-0.39, 0.29) is 5.82 Å². The normalized spacial score (nSPS) is 11.0. The van der Waals surface area contributed by atoms with Crippen LogP contribution in [0.5, 0.6) is 0 Å². The van der Waals surface area contributed by atoms with Crippen LogP contribution in [0.25, 0.3) is 6.08 Å². The highest BCUT2D eigenvalue weighted by molar-refractivity contribution is 7.80. The fraction of sp³-hybridized carbons (Fsp3) is 0.200. The number of benzene rings is 1. The Balaban J connectivity index is 3.08. The van der Waals surface area contributed by atoms with Crippen molar-refractivity contribution in [1.82, 2.24) is 0 Å². The standard InChI is InChI=1S/C10H12FNS/c1-7-5-8(3-2-4-13)9(11)6-10(7)12/h2-3,5-6,13H,4,12H2,1H3. The number of rotatable bonds is 2. The maximum absolute atomic E-state index is 13.2. The maximum atomic E-state index is 13.2. The first-order valence-corrected chi connectivity index (χ1v) is 4.61. The molecule has 0 spiro atoms. The van der Waals surface area contributed by atoms with Crippen LogP contribution in [0.15, 0.2) is 18.2 Å². The first-order valence-electron chi connectivity index (χ1n) is 3.98. The molecule has 0 bridgehead atoms. The zero-order valence-corrected chi connectivity index (χ0v) is 8.31. The molecule has 0 aliphatic rings. The van der Waals surface area contributed by atoms with E-state index in [1.54, 1.807) is 18.2 Å². The molecule has 0 saturated carbocycles. The van der Waals surface area contributed by atoms with E-state index in [0.717, 1.165) is 5.56 Å². The van der Waals surface area contributed by atoms with Crippen LogP contribution in [-0.2, 0) is 0 Å². The molecule has 0 saturated heterocycles. The smallest absolute Gasteiger partial charge is 0.132 e. The van der Waals surface area contributed by atoms with Crippen molar-refractivity contribution in [2.75, 3.05) is 11.5 Å². The fourth-order valence-electron chi connectivity index (χ4n) is 1.03. The van der Waals surface area contributed by atoms with Gasteiger partial charge in [0.2, 0.25) is 0 Å². The number of nitrogens with two attached hydrogens (primary N) is 1. The molecule has 0 unspecified atom stereocenters. The molecule has 0 heterocycles. The molecular weight excluding hydrogens is 185 g/mol. The number of hydrogen-bond donors (Lipinski definition) is 2. The van der Waals surface area contributed by atoms with Crippen molar-refractivity contribution >= 4 is 24.4 Å². The van der Waals surface area contributed by atoms with E-state index in [9.17, 15) is 4.39 Å². The first kappa shape index (κ1) is 10.1. The van der Waals surface area contributed by atoms with Crippen molar-refractivity contribution in [2.45, 2.75) is 6.92 Å². The van der Waals surface area contributed by atoms with Gasteiger partial charge in [0.15, 0.2) is 0 Å². The zero-order chi connectivity index (χ0) is 9.84. The van der Waals surface area contributed by atoms with Crippen LogP contribution in [0.2, 0.25) is 0 Å². The molecule has 1 nitrogen and oxygen atoms in total. The van der Waals surface area contributed by atoms with Crippen molar-refractivity contribution in [3.63, 3.8) is 0 Å². The molecule has 0 aliphatic heterocycles. The Hall–Kier alpha value is -0.960. The molecule has 0 fully saturated rings. The monoisotopic (exact) mass is 197 g/mol. The van der Waals surface area contributed by atoms with Gasteiger partial charge in [-0.2, -0.15) is 12.6 Å². The number of aryl methyl sites for hydroxylation is 1. The van der Waals surface area contributed by atoms with E-state index in [0.29, 0.717) is 17.0 Å². The summed E-state index contributed by atoms with van der Waals surface area (Å²) < 4.78 is 13.2. The second-order valence-corrected chi connectivity index (χ2v) is 3.18. The lowest BCUT2D eigenvalue weighted by Gasteiger charge is -2.02. The second kappa shape index (κ2) is 4.33. The second-order valence-electron chi connectivity index (χ2n) is 2.82. The van der Waals surface area contributed by atoms with Crippen molar-refractivity contribution in [1.29, 1.82) is 0 Å². The average Bonchev–Trinajstić information content (AvgIpc) is 2.09. The van der Waals surface area contributed by atoms with E-state index in [2.05, 4.69) is 12.6 Å². The Labute approximate surface area is 82.9 Å². The van der Waals surface area contributed by atoms with Crippen molar-refractivity contribution in [3.05, 3.63) is 35.2 Å². The summed E-state index contributed by atoms with van der Waals surface area (Å²) in [4.78, 5) is 0. The third-order valence-corrected chi connectivity index (χ3v) is 2.00. The molecule has 1 rings (SSSR count). The Bertz CT molecular complexity index is 334. The topological polar surface area (TPSA) is 26.0 Å². The molecule has 1 aromatic rings. The fourth-order valence-corrected chi connectivity index (χ4v) is 1.13. The summed E-state index contributed by atoms with van der Waals surface area (Å²) in [6.45, 7) is 1.85. The van der Waals surface area contributed by atoms with Gasteiger partial charge in [-0.1, -0.05) is 12.2 Å². The summed E-state index contributed by atoms with van der Waals surface area (Å²) in [6.07, 6.45) is 3.49. The molecule has 0 atom stereocenters. The lowest BCUT2D eigenvalue weighted by atomic mass is 10.1. The van der Waals surface area contributed by atoms with Gasteiger partial charge in [0.25, 0.3) is 0 Å². The Morgan fingerprint density at radius 2 is 2.23 bits per heavy atom. The lowest BCUT2D eigenvalue weighted by molar-refractivity contribution is 0.625. The van der Waals surface area contributed by atoms with Crippen LogP contribution in [0.3, 0.4) is 0 Å². The molecule has 1 aromatic carbocycles. The SMILES string of the molecule is Cc1cc(C=CCS)c(F)cc1N. The van der Waals surface area contributed by atoms with E-state index in [4.69, 9.17) is 5.73 Å². The lowest BCUT2D eigenvalue weighted by Crippen LogP contribution is -1.93. The molecule has 0 aromatic heterocycles. The highest BCUT2D eigenvalue weighted by atomic mass is 32.1. The summed E-state index contributed by atoms with van der Waals surface area (Å²) in [6, 6.07) is 3.07. The first-order chi connectivity index (χ1) is 6.15. The number of thiol groups is 1. The molecular formula is C10H12FNS. The van der Waals surface area contributed by atoms with E-state index in [1.165, 1.54) is 6.07 Å². The minimum absolute atomic E-state index is 0.291. The zero-order valence-electron chi connectivity index (χ0n) is 7.42. The van der Waals surface area contributed by atoms with Crippen LogP contribution < -0.4 is 5.73 Å². The highest BCUT2D eigenvalue weighted by Gasteiger charge is 2.01. The van der Waals surface area contributed by atoms with Crippen LogP contribution >= 0.6 is 12.6 Å². The summed E-state index contributed by atoms with van der Waals surface area (Å²) in [5.74, 6) is 0.309. The summed E-state index contributed by atoms with van der Waals surface area (Å²) in [5.41, 5.74) is 7.47. The Kier molecular flexibility index (Phi) is 3.37. The van der Waals surface area contributed by atoms with Gasteiger partial charge in [-0.3, -0.25) is 0 Å². The van der Waals surface area contributed by atoms with Crippen LogP contribution in [0.4, 0.5) is 10.1 Å². The van der Waals surface area contributed by atoms with Gasteiger partial charge in [0, 0.05) is 17.0 Å². The predicted octanol–water partition coefficient (Wildman–Crippen LogP) is 2.66. The molecule has 3 heteroatoms.